The summed E-state index contributed by atoms with van der Waals surface area (Å²) in [5.74, 6) is 1.38. The van der Waals surface area contributed by atoms with Gasteiger partial charge in [-0.15, -0.1) is 27.3 Å². The molecule has 0 N–H and O–H groups in total. The minimum atomic E-state index is -1.87. The molecule has 0 atom stereocenters. The van der Waals surface area contributed by atoms with Crippen molar-refractivity contribution in [1.29, 1.82) is 0 Å². The molecule has 9 aromatic rings. The van der Waals surface area contributed by atoms with Crippen molar-refractivity contribution in [1.82, 2.24) is 19.5 Å². The van der Waals surface area contributed by atoms with Gasteiger partial charge < -0.3 is 4.57 Å². The molecule has 2 aromatic heterocycles. The molecular weight excluding hydrogens is 774 g/mol. The van der Waals surface area contributed by atoms with E-state index in [1.165, 1.54) is 22.3 Å². The van der Waals surface area contributed by atoms with Crippen LogP contribution in [0.15, 0.2) is 97.1 Å². The Kier molecular flexibility index (Phi) is 9.21. The monoisotopic (exact) mass is 798 g/mol. The maximum atomic E-state index is 7.22. The highest BCUT2D eigenvalue weighted by molar-refractivity contribution is 6.70. The summed E-state index contributed by atoms with van der Waals surface area (Å²) < 4.78 is 1.84. The Bertz CT molecular complexity index is 3620. The SMILES string of the molecule is [B]c1c([B])c([B])c2c(c1[B])-c1c([B])c([B])c3c4c([B])c([B])c([B])c([B])c4n(-c4cccc(-c5nc(-c6ccccc6)nc(-c6ccc7c(c6)C(C)(C)c6ccccc6-7)n5)c4)c3c1C2([B])[B]. The lowest BCUT2D eigenvalue weighted by atomic mass is 9.46. The van der Waals surface area contributed by atoms with Crippen molar-refractivity contribution < 1.29 is 0 Å². The molecule has 24 radical (unpaired) electrons. The molecule has 16 heteroatoms. The second kappa shape index (κ2) is 14.3. The van der Waals surface area contributed by atoms with Crippen molar-refractivity contribution in [2.24, 2.45) is 0 Å². The standard InChI is InChI=1S/C49H22B12N4/c1-48(2)25-14-7-6-13-23(25)24-16-15-21(18-26(24)48)47-63-45(19-9-4-3-5-10-19)62-46(64-47)20-11-8-12-22(17-20)65-43-29(30-36(53)39(56)41(58)42(59)44(30)65)35(52)33(50)28-27-31(49(60,61)32(28)43)37(54)40(57)38(55)34(27)51/h3-18H,1-2H3. The van der Waals surface area contributed by atoms with E-state index in [9.17, 15) is 0 Å². The molecule has 7 aromatic carbocycles. The molecule has 2 heterocycles. The van der Waals surface area contributed by atoms with E-state index in [1.54, 1.807) is 0 Å². The van der Waals surface area contributed by atoms with Gasteiger partial charge in [0, 0.05) is 33.3 Å². The molecule has 0 aliphatic heterocycles. The number of nitrogens with zero attached hydrogens (tertiary/aromatic N) is 4. The summed E-state index contributed by atoms with van der Waals surface area (Å²) >= 11 is 0. The average molecular weight is 796 g/mol. The highest BCUT2D eigenvalue weighted by atomic mass is 15.0. The van der Waals surface area contributed by atoms with E-state index in [-0.39, 0.29) is 65.6 Å². The third-order valence-electron chi connectivity index (χ3n) is 13.5. The van der Waals surface area contributed by atoms with E-state index in [0.717, 1.165) is 11.1 Å². The van der Waals surface area contributed by atoms with Crippen molar-refractivity contribution in [3.8, 4) is 62.1 Å². The van der Waals surface area contributed by atoms with Gasteiger partial charge in [0.1, 0.15) is 78.5 Å². The summed E-state index contributed by atoms with van der Waals surface area (Å²) in [5.41, 5.74) is 10.2. The third-order valence-corrected chi connectivity index (χ3v) is 13.5. The first-order valence-electron chi connectivity index (χ1n) is 20.8. The van der Waals surface area contributed by atoms with E-state index in [4.69, 9.17) is 109 Å². The van der Waals surface area contributed by atoms with Crippen LogP contribution in [0.5, 0.6) is 0 Å². The molecular formula is C49H22B12N4. The lowest BCUT2D eigenvalue weighted by Crippen LogP contribution is -2.51. The summed E-state index contributed by atoms with van der Waals surface area (Å²) in [7, 11) is 81.6. The van der Waals surface area contributed by atoms with Crippen LogP contribution < -0.4 is 54.6 Å². The lowest BCUT2D eigenvalue weighted by molar-refractivity contribution is 0.660. The molecule has 4 nitrogen and oxygen atoms in total. The first-order valence-corrected chi connectivity index (χ1v) is 20.8. The van der Waals surface area contributed by atoms with Gasteiger partial charge in [-0.2, -0.15) is 0 Å². The highest BCUT2D eigenvalue weighted by Crippen LogP contribution is 2.50. The number of hydrogen-bond donors (Lipinski definition) is 0. The zero-order valence-corrected chi connectivity index (χ0v) is 35.5. The molecule has 274 valence electrons. The Morgan fingerprint density at radius 3 is 1.63 bits per heavy atom. The third kappa shape index (κ3) is 5.64. The van der Waals surface area contributed by atoms with Gasteiger partial charge in [-0.1, -0.05) is 126 Å². The van der Waals surface area contributed by atoms with E-state index >= 15 is 0 Å². The van der Waals surface area contributed by atoms with Gasteiger partial charge in [-0.25, -0.2) is 15.0 Å². The Labute approximate surface area is 393 Å². The fraction of sp³-hybridized carbons (Fsp3) is 0.0816. The lowest BCUT2D eigenvalue weighted by Gasteiger charge is -2.29. The fourth-order valence-electron chi connectivity index (χ4n) is 10.2. The molecule has 2 aliphatic rings. The largest absolute Gasteiger partial charge is 0.310 e. The Hall–Kier alpha value is -5.87. The second-order valence-corrected chi connectivity index (χ2v) is 17.4. The topological polar surface area (TPSA) is 43.6 Å². The van der Waals surface area contributed by atoms with Crippen molar-refractivity contribution in [3.05, 3.63) is 119 Å². The minimum absolute atomic E-state index is 0.0275. The van der Waals surface area contributed by atoms with Crippen molar-refractivity contribution in [2.75, 3.05) is 0 Å². The van der Waals surface area contributed by atoms with Crippen molar-refractivity contribution in [3.63, 3.8) is 0 Å². The van der Waals surface area contributed by atoms with E-state index < -0.39 is 5.21 Å². The predicted molar refractivity (Wildman–Crippen MR) is 280 cm³/mol. The molecule has 0 amide bonds. The zero-order valence-electron chi connectivity index (χ0n) is 35.5. The van der Waals surface area contributed by atoms with Gasteiger partial charge in [-0.3, -0.25) is 0 Å². The van der Waals surface area contributed by atoms with Gasteiger partial charge >= 0.3 is 0 Å². The second-order valence-electron chi connectivity index (χ2n) is 17.4. The number of benzene rings is 7. The summed E-state index contributed by atoms with van der Waals surface area (Å²) in [5, 5.41) is -1.11. The molecule has 0 spiro atoms. The van der Waals surface area contributed by atoms with Crippen LogP contribution in [0.2, 0.25) is 0 Å². The average Bonchev–Trinajstić information content (AvgIpc) is 3.88. The van der Waals surface area contributed by atoms with E-state index in [0.29, 0.717) is 67.2 Å². The molecule has 2 aliphatic carbocycles. The maximum Gasteiger partial charge on any atom is 0.164 e. The van der Waals surface area contributed by atoms with Crippen molar-refractivity contribution in [2.45, 2.75) is 24.5 Å². The molecule has 0 bridgehead atoms. The Balaban J connectivity index is 1.20. The van der Waals surface area contributed by atoms with E-state index in [2.05, 4.69) is 56.3 Å². The van der Waals surface area contributed by atoms with Gasteiger partial charge in [0.15, 0.2) is 17.5 Å². The van der Waals surface area contributed by atoms with Crippen LogP contribution in [-0.4, -0.2) is 114 Å². The highest BCUT2D eigenvalue weighted by Gasteiger charge is 2.42. The Morgan fingerprint density at radius 1 is 0.415 bits per heavy atom. The smallest absolute Gasteiger partial charge is 0.164 e. The normalized spacial score (nSPS) is 14.1. The van der Waals surface area contributed by atoms with Crippen LogP contribution in [0.3, 0.4) is 0 Å². The van der Waals surface area contributed by atoms with Gasteiger partial charge in [0.25, 0.3) is 0 Å². The first kappa shape index (κ1) is 41.8. The van der Waals surface area contributed by atoms with Gasteiger partial charge in [0.05, 0.1) is 21.2 Å². The summed E-state index contributed by atoms with van der Waals surface area (Å²) in [4.78, 5) is 15.3. The molecule has 0 saturated heterocycles. The fourth-order valence-corrected chi connectivity index (χ4v) is 10.2. The van der Waals surface area contributed by atoms with Crippen molar-refractivity contribution >= 4 is 171 Å². The van der Waals surface area contributed by atoms with Gasteiger partial charge in [0.2, 0.25) is 0 Å². The molecule has 11 rings (SSSR count). The van der Waals surface area contributed by atoms with E-state index in [1.807, 2.05) is 59.2 Å². The van der Waals surface area contributed by atoms with Crippen LogP contribution in [0.1, 0.15) is 36.1 Å². The Morgan fingerprint density at radius 2 is 0.923 bits per heavy atom. The number of rotatable bonds is 4. The number of aromatic nitrogens is 4. The maximum absolute atomic E-state index is 7.22. The van der Waals surface area contributed by atoms with Crippen LogP contribution in [0.4, 0.5) is 0 Å². The van der Waals surface area contributed by atoms with Gasteiger partial charge in [-0.05, 0) is 73.1 Å². The molecule has 65 heavy (non-hydrogen) atoms. The van der Waals surface area contributed by atoms with Crippen LogP contribution >= 0.6 is 0 Å². The summed E-state index contributed by atoms with van der Waals surface area (Å²) in [6.45, 7) is 4.48. The quantitative estimate of drug-likeness (QED) is 0.209. The number of hydrogen-bond acceptors (Lipinski definition) is 3. The summed E-state index contributed by atoms with van der Waals surface area (Å²) in [6, 6.07) is 32.2. The van der Waals surface area contributed by atoms with Crippen LogP contribution in [-0.2, 0) is 10.6 Å². The minimum Gasteiger partial charge on any atom is -0.310 e. The number of fused-ring (bicyclic) bond motifs is 10. The molecule has 0 fully saturated rings. The first-order chi connectivity index (χ1) is 30.9. The zero-order chi connectivity index (χ0) is 45.8. The predicted octanol–water partition coefficient (Wildman–Crippen LogP) is -1.27. The van der Waals surface area contributed by atoms with Crippen LogP contribution in [0, 0.1) is 0 Å². The molecule has 0 saturated carbocycles. The van der Waals surface area contributed by atoms with Crippen LogP contribution in [0.25, 0.3) is 83.9 Å². The molecule has 0 unspecified atom stereocenters. The summed E-state index contributed by atoms with van der Waals surface area (Å²) in [6.07, 6.45) is 0.